The number of halogens is 2. The number of benzene rings is 3. The Hall–Kier alpha value is -4.39. The van der Waals surface area contributed by atoms with Gasteiger partial charge in [0.15, 0.2) is 18.1 Å². The van der Waals surface area contributed by atoms with Gasteiger partial charge in [-0.1, -0.05) is 18.2 Å². The Kier molecular flexibility index (Phi) is 13.6. The number of nitrogens with zero attached hydrogens (tertiary/aromatic N) is 1. The third kappa shape index (κ3) is 10.1. The van der Waals surface area contributed by atoms with Gasteiger partial charge in [0.05, 0.1) is 47.3 Å². The van der Waals surface area contributed by atoms with Crippen molar-refractivity contribution in [3.63, 3.8) is 0 Å². The molecule has 0 fully saturated rings. The van der Waals surface area contributed by atoms with Crippen molar-refractivity contribution in [1.29, 1.82) is 0 Å². The lowest BCUT2D eigenvalue weighted by atomic mass is 9.95. The van der Waals surface area contributed by atoms with Gasteiger partial charge in [-0.05, 0) is 113 Å². The summed E-state index contributed by atoms with van der Waals surface area (Å²) in [6.45, 7) is 5.41. The summed E-state index contributed by atoms with van der Waals surface area (Å²) in [6, 6.07) is 14.4. The van der Waals surface area contributed by atoms with Crippen LogP contribution in [0.5, 0.6) is 17.2 Å². The van der Waals surface area contributed by atoms with E-state index in [2.05, 4.69) is 66.3 Å². The molecule has 13 nitrogen and oxygen atoms in total. The summed E-state index contributed by atoms with van der Waals surface area (Å²) in [6.07, 6.45) is 1.49. The molecule has 0 spiro atoms. The zero-order valence-electron chi connectivity index (χ0n) is 27.1. The summed E-state index contributed by atoms with van der Waals surface area (Å²) < 4.78 is 29.3. The smallest absolute Gasteiger partial charge is 0.338 e. The van der Waals surface area contributed by atoms with Gasteiger partial charge < -0.3 is 34.3 Å². The Bertz CT molecular complexity index is 1780. The van der Waals surface area contributed by atoms with Gasteiger partial charge >= 0.3 is 18.0 Å². The second-order valence-corrected chi connectivity index (χ2v) is 12.7. The second-order valence-electron chi connectivity index (χ2n) is 10.3. The zero-order chi connectivity index (χ0) is 35.5. The average molecular weight is 896 g/mol. The minimum atomic E-state index is -0.789. The van der Waals surface area contributed by atoms with Gasteiger partial charge in [-0.15, -0.1) is 0 Å². The first-order valence-corrected chi connectivity index (χ1v) is 17.2. The fraction of sp³-hybridized carbons (Fsp3) is 0.265. The second kappa shape index (κ2) is 17.8. The first-order valence-electron chi connectivity index (χ1n) is 15.0. The highest BCUT2D eigenvalue weighted by molar-refractivity contribution is 14.1. The summed E-state index contributed by atoms with van der Waals surface area (Å²) >= 11 is 4.36. The molecule has 0 aliphatic carbocycles. The minimum Gasteiger partial charge on any atom is -0.493 e. The lowest BCUT2D eigenvalue weighted by Gasteiger charge is -2.28. The molecule has 0 saturated carbocycles. The highest BCUT2D eigenvalue weighted by Crippen LogP contribution is 2.35. The Balaban J connectivity index is 1.39. The molecule has 15 heteroatoms. The molecular formula is C34H34I2N4O9. The van der Waals surface area contributed by atoms with E-state index in [-0.39, 0.29) is 42.9 Å². The Morgan fingerprint density at radius 1 is 0.939 bits per heavy atom. The molecule has 1 heterocycles. The van der Waals surface area contributed by atoms with E-state index < -0.39 is 23.9 Å². The molecule has 49 heavy (non-hydrogen) atoms. The zero-order valence-corrected chi connectivity index (χ0v) is 31.4. The Morgan fingerprint density at radius 2 is 1.65 bits per heavy atom. The van der Waals surface area contributed by atoms with Crippen LogP contribution >= 0.6 is 45.2 Å². The molecule has 3 aromatic rings. The number of methoxy groups -OCH3 is 1. The van der Waals surface area contributed by atoms with Crippen molar-refractivity contribution in [2.24, 2.45) is 5.10 Å². The SMILES string of the molecule is CCOC(=O)C1=C(C)NC(=O)N[C@@H]1c1ccc(OCC(=O)N/N=C/c2cc(I)cc(I)c2OCc2ccc(C(=O)OCC)cc2)c(OC)c1. The highest BCUT2D eigenvalue weighted by Gasteiger charge is 2.32. The maximum Gasteiger partial charge on any atom is 0.338 e. The number of amides is 3. The van der Waals surface area contributed by atoms with Gasteiger partial charge in [-0.2, -0.15) is 5.10 Å². The van der Waals surface area contributed by atoms with Crippen LogP contribution in [0, 0.1) is 7.14 Å². The van der Waals surface area contributed by atoms with Crippen molar-refractivity contribution < 1.29 is 42.9 Å². The van der Waals surface area contributed by atoms with Crippen LogP contribution in [-0.2, 0) is 25.7 Å². The molecule has 0 radical (unpaired) electrons. The molecule has 0 bridgehead atoms. The predicted molar refractivity (Wildman–Crippen MR) is 197 cm³/mol. The van der Waals surface area contributed by atoms with Gasteiger partial charge in [0.1, 0.15) is 12.4 Å². The first-order chi connectivity index (χ1) is 23.5. The number of esters is 2. The fourth-order valence-corrected chi connectivity index (χ4v) is 6.74. The summed E-state index contributed by atoms with van der Waals surface area (Å²) in [7, 11) is 1.44. The molecule has 1 aliphatic heterocycles. The van der Waals surface area contributed by atoms with Crippen molar-refractivity contribution in [3.8, 4) is 17.2 Å². The van der Waals surface area contributed by atoms with E-state index in [4.69, 9.17) is 23.7 Å². The van der Waals surface area contributed by atoms with Crippen LogP contribution in [0.25, 0.3) is 0 Å². The summed E-state index contributed by atoms with van der Waals surface area (Å²) in [5, 5.41) is 9.43. The molecular weight excluding hydrogens is 862 g/mol. The summed E-state index contributed by atoms with van der Waals surface area (Å²) in [5.74, 6) is -0.339. The third-order valence-electron chi connectivity index (χ3n) is 6.92. The Morgan fingerprint density at radius 3 is 2.35 bits per heavy atom. The molecule has 3 aromatic carbocycles. The van der Waals surface area contributed by atoms with E-state index in [1.807, 2.05) is 12.1 Å². The number of rotatable bonds is 14. The van der Waals surface area contributed by atoms with Gasteiger partial charge in [0, 0.05) is 14.8 Å². The summed E-state index contributed by atoms with van der Waals surface area (Å²) in [4.78, 5) is 49.5. The van der Waals surface area contributed by atoms with Crippen LogP contribution < -0.4 is 30.3 Å². The van der Waals surface area contributed by atoms with Crippen molar-refractivity contribution in [1.82, 2.24) is 16.1 Å². The normalized spacial score (nSPS) is 14.1. The number of hydrazone groups is 1. The molecule has 0 unspecified atom stereocenters. The van der Waals surface area contributed by atoms with Crippen LogP contribution in [0.3, 0.4) is 0 Å². The summed E-state index contributed by atoms with van der Waals surface area (Å²) in [5.41, 5.74) is 5.61. The van der Waals surface area contributed by atoms with E-state index >= 15 is 0 Å². The molecule has 4 rings (SSSR count). The molecule has 0 aromatic heterocycles. The molecule has 1 aliphatic rings. The van der Waals surface area contributed by atoms with Crippen molar-refractivity contribution in [2.75, 3.05) is 26.9 Å². The van der Waals surface area contributed by atoms with Crippen LogP contribution in [0.15, 0.2) is 71.0 Å². The number of nitrogens with one attached hydrogen (secondary N) is 3. The monoisotopic (exact) mass is 896 g/mol. The van der Waals surface area contributed by atoms with Crippen molar-refractivity contribution in [2.45, 2.75) is 33.4 Å². The highest BCUT2D eigenvalue weighted by atomic mass is 127. The first kappa shape index (κ1) is 37.4. The van der Waals surface area contributed by atoms with E-state index in [0.717, 1.165) is 12.7 Å². The van der Waals surface area contributed by atoms with Crippen LogP contribution in [-0.4, -0.2) is 57.0 Å². The Labute approximate surface area is 310 Å². The number of ether oxygens (including phenoxy) is 5. The van der Waals surface area contributed by atoms with Crippen molar-refractivity contribution in [3.05, 3.63) is 95.3 Å². The van der Waals surface area contributed by atoms with Gasteiger partial charge in [-0.25, -0.2) is 19.8 Å². The number of hydrogen-bond donors (Lipinski definition) is 3. The topological polar surface area (TPSA) is 163 Å². The number of allylic oxidation sites excluding steroid dienone is 1. The maximum absolute atomic E-state index is 12.7. The molecule has 0 saturated heterocycles. The van der Waals surface area contributed by atoms with Gasteiger partial charge in [0.2, 0.25) is 0 Å². The molecule has 1 atom stereocenters. The standard InChI is InChI=1S/C34H34I2N4O9/c1-5-46-32(42)21-9-7-20(8-10-21)17-49-31-23(13-24(35)15-25(31)36)16-37-40-28(41)18-48-26-12-11-22(14-27(26)45-4)30-29(33(43)47-6-2)19(3)38-34(44)39-30/h7-16,30H,5-6,17-18H2,1-4H3,(H,40,41)(H2,38,39,44)/b37-16+/t30-/m1/s1. The van der Waals surface area contributed by atoms with E-state index in [9.17, 15) is 19.2 Å². The largest absolute Gasteiger partial charge is 0.493 e. The van der Waals surface area contributed by atoms with Crippen molar-refractivity contribution >= 4 is 75.3 Å². The molecule has 258 valence electrons. The van der Waals surface area contributed by atoms with E-state index in [1.54, 1.807) is 63.2 Å². The maximum atomic E-state index is 12.7. The van der Waals surface area contributed by atoms with Gasteiger partial charge in [-0.3, -0.25) is 4.79 Å². The molecule has 3 N–H and O–H groups in total. The lowest BCUT2D eigenvalue weighted by Crippen LogP contribution is -2.45. The minimum absolute atomic E-state index is 0.174. The van der Waals surface area contributed by atoms with E-state index in [1.165, 1.54) is 13.3 Å². The number of carbonyl (C=O) groups excluding carboxylic acids is 4. The lowest BCUT2D eigenvalue weighted by molar-refractivity contribution is -0.139. The number of hydrogen-bond acceptors (Lipinski definition) is 10. The van der Waals surface area contributed by atoms with Crippen LogP contribution in [0.4, 0.5) is 4.79 Å². The average Bonchev–Trinajstić information content (AvgIpc) is 3.06. The number of carbonyl (C=O) groups is 4. The predicted octanol–water partition coefficient (Wildman–Crippen LogP) is 5.38. The fourth-order valence-electron chi connectivity index (χ4n) is 4.69. The van der Waals surface area contributed by atoms with Crippen LogP contribution in [0.2, 0.25) is 0 Å². The van der Waals surface area contributed by atoms with Crippen LogP contribution in [0.1, 0.15) is 53.9 Å². The molecule has 3 amide bonds. The van der Waals surface area contributed by atoms with Gasteiger partial charge in [0.25, 0.3) is 5.91 Å². The quantitative estimate of drug-likeness (QED) is 0.0836. The van der Waals surface area contributed by atoms with E-state index in [0.29, 0.717) is 34.7 Å². The number of urea groups is 1. The third-order valence-corrected chi connectivity index (χ3v) is 8.35.